The molecule has 1 heterocycles. The molecule has 0 saturated carbocycles. The van der Waals surface area contributed by atoms with Crippen LogP contribution in [0, 0.1) is 0 Å². The number of halogens is 2. The van der Waals surface area contributed by atoms with Crippen LogP contribution in [-0.2, 0) is 0 Å². The van der Waals surface area contributed by atoms with Crippen LogP contribution < -0.4 is 10.5 Å². The van der Waals surface area contributed by atoms with E-state index < -0.39 is 18.9 Å². The van der Waals surface area contributed by atoms with E-state index in [1.807, 2.05) is 0 Å². The Morgan fingerprint density at radius 3 is 2.78 bits per heavy atom. The summed E-state index contributed by atoms with van der Waals surface area (Å²) in [6.45, 7) is -0.745. The Hall–Kier alpha value is -2.96. The highest BCUT2D eigenvalue weighted by Gasteiger charge is 2.16. The lowest BCUT2D eigenvalue weighted by atomic mass is 9.98. The summed E-state index contributed by atoms with van der Waals surface area (Å²) in [6, 6.07) is 9.92. The second kappa shape index (κ2) is 6.04. The molecule has 3 aromatic rings. The monoisotopic (exact) mass is 317 g/mol. The van der Waals surface area contributed by atoms with Crippen molar-refractivity contribution in [2.24, 2.45) is 5.73 Å². The number of imidazole rings is 1. The molecule has 5 nitrogen and oxygen atoms in total. The Morgan fingerprint density at radius 1 is 1.26 bits per heavy atom. The summed E-state index contributed by atoms with van der Waals surface area (Å²) in [6.07, 6.45) is -1.11. The molecule has 0 aliphatic rings. The van der Waals surface area contributed by atoms with E-state index in [9.17, 15) is 13.6 Å². The molecule has 0 aliphatic carbocycles. The van der Waals surface area contributed by atoms with Crippen LogP contribution in [0.1, 0.15) is 10.4 Å². The fourth-order valence-corrected chi connectivity index (χ4v) is 2.38. The number of amides is 1. The van der Waals surface area contributed by atoms with Crippen molar-refractivity contribution in [1.29, 1.82) is 0 Å². The number of fused-ring (bicyclic) bond motifs is 1. The topological polar surface area (TPSA) is 81.0 Å². The summed E-state index contributed by atoms with van der Waals surface area (Å²) in [4.78, 5) is 18.7. The third-order valence-corrected chi connectivity index (χ3v) is 3.37. The smallest absolute Gasteiger partial charge is 0.272 e. The molecule has 0 unspecified atom stereocenters. The van der Waals surface area contributed by atoms with E-state index in [-0.39, 0.29) is 11.3 Å². The molecule has 118 valence electrons. The van der Waals surface area contributed by atoms with Crippen molar-refractivity contribution in [2.45, 2.75) is 6.43 Å². The van der Waals surface area contributed by atoms with Gasteiger partial charge in [0.15, 0.2) is 0 Å². The number of nitrogens with two attached hydrogens (primary N) is 1. The first kappa shape index (κ1) is 15.0. The van der Waals surface area contributed by atoms with Gasteiger partial charge in [-0.2, -0.15) is 0 Å². The molecule has 3 rings (SSSR count). The molecule has 0 atom stereocenters. The first-order chi connectivity index (χ1) is 11.1. The third-order valence-electron chi connectivity index (χ3n) is 3.37. The average molecular weight is 317 g/mol. The second-order valence-corrected chi connectivity index (χ2v) is 4.88. The van der Waals surface area contributed by atoms with E-state index in [1.165, 1.54) is 6.33 Å². The van der Waals surface area contributed by atoms with Crippen molar-refractivity contribution in [1.82, 2.24) is 9.97 Å². The lowest BCUT2D eigenvalue weighted by Gasteiger charge is -2.13. The fraction of sp³-hybridized carbons (Fsp3) is 0.125. The van der Waals surface area contributed by atoms with E-state index in [0.717, 1.165) is 0 Å². The zero-order valence-corrected chi connectivity index (χ0v) is 11.9. The molecule has 23 heavy (non-hydrogen) atoms. The number of rotatable bonds is 5. The SMILES string of the molecule is NC(=O)c1ccccc1-c1cc2nc[nH]c2cc1OCC(F)F. The van der Waals surface area contributed by atoms with Gasteiger partial charge in [0.1, 0.15) is 12.4 Å². The largest absolute Gasteiger partial charge is 0.487 e. The van der Waals surface area contributed by atoms with Gasteiger partial charge >= 0.3 is 0 Å². The molecule has 7 heteroatoms. The molecule has 0 spiro atoms. The van der Waals surface area contributed by atoms with Gasteiger partial charge in [-0.15, -0.1) is 0 Å². The number of alkyl halides is 2. The standard InChI is InChI=1S/C16H13F2N3O2/c17-15(18)7-23-14-6-13-12(20-8-21-13)5-11(14)9-3-1-2-4-10(9)16(19)22/h1-6,8,15H,7H2,(H2,19,22)(H,20,21). The van der Waals surface area contributed by atoms with E-state index in [1.54, 1.807) is 36.4 Å². The first-order valence-corrected chi connectivity index (χ1v) is 6.83. The number of aromatic nitrogens is 2. The van der Waals surface area contributed by atoms with Crippen LogP contribution in [0.15, 0.2) is 42.7 Å². The molecule has 1 amide bonds. The summed E-state index contributed by atoms with van der Waals surface area (Å²) in [5, 5.41) is 0. The quantitative estimate of drug-likeness (QED) is 0.759. The van der Waals surface area contributed by atoms with E-state index in [0.29, 0.717) is 22.2 Å². The number of hydrogen-bond acceptors (Lipinski definition) is 3. The van der Waals surface area contributed by atoms with Crippen molar-refractivity contribution >= 4 is 16.9 Å². The number of nitrogens with zero attached hydrogens (tertiary/aromatic N) is 1. The van der Waals surface area contributed by atoms with Gasteiger partial charge in [0.2, 0.25) is 5.91 Å². The van der Waals surface area contributed by atoms with Crippen molar-refractivity contribution in [3.05, 3.63) is 48.3 Å². The maximum absolute atomic E-state index is 12.5. The molecule has 0 fully saturated rings. The summed E-state index contributed by atoms with van der Waals surface area (Å²) in [5.41, 5.74) is 7.95. The van der Waals surface area contributed by atoms with Crippen LogP contribution in [0.4, 0.5) is 8.78 Å². The molecule has 0 radical (unpaired) electrons. The number of ether oxygens (including phenoxy) is 1. The molecular formula is C16H13F2N3O2. The van der Waals surface area contributed by atoms with E-state index >= 15 is 0 Å². The van der Waals surface area contributed by atoms with Gasteiger partial charge in [0, 0.05) is 17.2 Å². The number of H-pyrrole nitrogens is 1. The maximum Gasteiger partial charge on any atom is 0.272 e. The van der Waals surface area contributed by atoms with Gasteiger partial charge in [-0.25, -0.2) is 13.8 Å². The van der Waals surface area contributed by atoms with E-state index in [4.69, 9.17) is 10.5 Å². The first-order valence-electron chi connectivity index (χ1n) is 6.83. The predicted molar refractivity (Wildman–Crippen MR) is 81.5 cm³/mol. The molecule has 1 aromatic heterocycles. The molecule has 0 bridgehead atoms. The highest BCUT2D eigenvalue weighted by molar-refractivity contribution is 6.01. The minimum absolute atomic E-state index is 0.232. The zero-order chi connectivity index (χ0) is 16.4. The van der Waals surface area contributed by atoms with Crippen LogP contribution in [0.3, 0.4) is 0 Å². The summed E-state index contributed by atoms with van der Waals surface area (Å²) >= 11 is 0. The molecule has 3 N–H and O–H groups in total. The van der Waals surface area contributed by atoms with Crippen LogP contribution in [0.5, 0.6) is 5.75 Å². The van der Waals surface area contributed by atoms with Crippen molar-refractivity contribution in [2.75, 3.05) is 6.61 Å². The summed E-state index contributed by atoms with van der Waals surface area (Å²) < 4.78 is 30.2. The van der Waals surface area contributed by atoms with Crippen LogP contribution in [0.2, 0.25) is 0 Å². The number of carbonyl (C=O) groups is 1. The number of benzene rings is 2. The van der Waals surface area contributed by atoms with Gasteiger partial charge in [-0.1, -0.05) is 18.2 Å². The van der Waals surface area contributed by atoms with Crippen molar-refractivity contribution in [3.8, 4) is 16.9 Å². The Bertz CT molecular complexity index is 861. The lowest BCUT2D eigenvalue weighted by Crippen LogP contribution is -2.13. The van der Waals surface area contributed by atoms with Gasteiger partial charge in [0.05, 0.1) is 17.4 Å². The fourth-order valence-electron chi connectivity index (χ4n) is 2.38. The highest BCUT2D eigenvalue weighted by atomic mass is 19.3. The van der Waals surface area contributed by atoms with Crippen molar-refractivity contribution < 1.29 is 18.3 Å². The number of nitrogens with one attached hydrogen (secondary N) is 1. The van der Waals surface area contributed by atoms with Gasteiger partial charge in [-0.05, 0) is 17.7 Å². The number of primary amides is 1. The maximum atomic E-state index is 12.5. The molecular weight excluding hydrogens is 304 g/mol. The second-order valence-electron chi connectivity index (χ2n) is 4.88. The van der Waals surface area contributed by atoms with Gasteiger partial charge in [-0.3, -0.25) is 4.79 Å². The summed E-state index contributed by atoms with van der Waals surface area (Å²) in [5.74, 6) is -0.377. The predicted octanol–water partition coefficient (Wildman–Crippen LogP) is 2.97. The summed E-state index contributed by atoms with van der Waals surface area (Å²) in [7, 11) is 0. The highest BCUT2D eigenvalue weighted by Crippen LogP contribution is 2.35. The Morgan fingerprint density at radius 2 is 2.04 bits per heavy atom. The zero-order valence-electron chi connectivity index (χ0n) is 11.9. The van der Waals surface area contributed by atoms with Crippen LogP contribution in [-0.4, -0.2) is 28.9 Å². The molecule has 0 aliphatic heterocycles. The number of carbonyl (C=O) groups excluding carboxylic acids is 1. The Balaban J connectivity index is 2.18. The Kier molecular flexibility index (Phi) is 3.92. The van der Waals surface area contributed by atoms with E-state index in [2.05, 4.69) is 9.97 Å². The number of hydrogen-bond donors (Lipinski definition) is 2. The van der Waals surface area contributed by atoms with Crippen molar-refractivity contribution in [3.63, 3.8) is 0 Å². The molecule has 0 saturated heterocycles. The van der Waals surface area contributed by atoms with Gasteiger partial charge in [0.25, 0.3) is 6.43 Å². The minimum atomic E-state index is -2.60. The average Bonchev–Trinajstić information content (AvgIpc) is 2.99. The van der Waals surface area contributed by atoms with Crippen LogP contribution in [0.25, 0.3) is 22.2 Å². The Labute approximate surface area is 130 Å². The minimum Gasteiger partial charge on any atom is -0.487 e. The third kappa shape index (κ3) is 2.98. The van der Waals surface area contributed by atoms with Crippen LogP contribution >= 0.6 is 0 Å². The van der Waals surface area contributed by atoms with Gasteiger partial charge < -0.3 is 15.5 Å². The normalized spacial score (nSPS) is 11.1. The number of aromatic amines is 1. The lowest BCUT2D eigenvalue weighted by molar-refractivity contribution is 0.0822. The molecule has 2 aromatic carbocycles.